The normalized spacial score (nSPS) is 33.7. The van der Waals surface area contributed by atoms with Crippen LogP contribution >= 0.6 is 0 Å². The van der Waals surface area contributed by atoms with Gasteiger partial charge in [0.25, 0.3) is 0 Å². The van der Waals surface area contributed by atoms with Crippen molar-refractivity contribution >= 4 is 0 Å². The average molecular weight is 253 g/mol. The topological polar surface area (TPSA) is 32.5 Å². The fraction of sp³-hybridized carbons (Fsp3) is 1.00. The van der Waals surface area contributed by atoms with Crippen LogP contribution in [0.15, 0.2) is 0 Å². The summed E-state index contributed by atoms with van der Waals surface area (Å²) in [6, 6.07) is 0. The van der Waals surface area contributed by atoms with Gasteiger partial charge in [0.1, 0.15) is 0 Å². The Morgan fingerprint density at radius 3 is 2.61 bits per heavy atom. The second-order valence-electron chi connectivity index (χ2n) is 6.28. The minimum absolute atomic E-state index is 0.300. The van der Waals surface area contributed by atoms with Gasteiger partial charge in [-0.15, -0.1) is 0 Å². The molecule has 2 rings (SSSR count). The van der Waals surface area contributed by atoms with Crippen LogP contribution in [0.3, 0.4) is 0 Å². The van der Waals surface area contributed by atoms with E-state index in [4.69, 9.17) is 5.73 Å². The number of nitrogens with zero attached hydrogens (tertiary/aromatic N) is 2. The zero-order chi connectivity index (χ0) is 13.0. The number of hydrogen-bond donors (Lipinski definition) is 1. The van der Waals surface area contributed by atoms with Crippen molar-refractivity contribution in [2.24, 2.45) is 11.7 Å². The van der Waals surface area contributed by atoms with Crippen molar-refractivity contribution in [1.29, 1.82) is 0 Å². The predicted octanol–water partition coefficient (Wildman–Crippen LogP) is 1.92. The molecule has 0 aromatic carbocycles. The molecule has 2 atom stereocenters. The van der Waals surface area contributed by atoms with E-state index in [1.165, 1.54) is 64.7 Å². The Morgan fingerprint density at radius 2 is 2.00 bits per heavy atom. The van der Waals surface area contributed by atoms with Crippen LogP contribution in [0, 0.1) is 5.92 Å². The minimum atomic E-state index is 0.300. The van der Waals surface area contributed by atoms with Gasteiger partial charge < -0.3 is 10.6 Å². The van der Waals surface area contributed by atoms with E-state index in [0.29, 0.717) is 5.54 Å². The first-order chi connectivity index (χ1) is 8.73. The van der Waals surface area contributed by atoms with Crippen LogP contribution in [0.2, 0.25) is 0 Å². The van der Waals surface area contributed by atoms with Crippen molar-refractivity contribution in [3.8, 4) is 0 Å². The molecular weight excluding hydrogens is 222 g/mol. The smallest absolute Gasteiger partial charge is 0.0357 e. The SMILES string of the molecule is CCC1CCCC1(CN)N(C)CCN1CCCC1. The molecule has 1 aliphatic carbocycles. The zero-order valence-corrected chi connectivity index (χ0v) is 12.3. The molecule has 106 valence electrons. The highest BCUT2D eigenvalue weighted by molar-refractivity contribution is 5.00. The highest BCUT2D eigenvalue weighted by Crippen LogP contribution is 2.40. The second kappa shape index (κ2) is 6.36. The molecule has 0 aromatic heterocycles. The second-order valence-corrected chi connectivity index (χ2v) is 6.28. The van der Waals surface area contributed by atoms with Gasteiger partial charge in [-0.1, -0.05) is 19.8 Å². The van der Waals surface area contributed by atoms with Gasteiger partial charge in [-0.3, -0.25) is 4.90 Å². The molecule has 2 unspecified atom stereocenters. The molecule has 2 fully saturated rings. The van der Waals surface area contributed by atoms with Gasteiger partial charge in [0.2, 0.25) is 0 Å². The molecule has 2 aliphatic rings. The van der Waals surface area contributed by atoms with E-state index >= 15 is 0 Å². The van der Waals surface area contributed by atoms with Crippen LogP contribution in [0.25, 0.3) is 0 Å². The van der Waals surface area contributed by atoms with Gasteiger partial charge in [-0.05, 0) is 51.7 Å². The summed E-state index contributed by atoms with van der Waals surface area (Å²) in [6.07, 6.45) is 8.11. The Morgan fingerprint density at radius 1 is 1.28 bits per heavy atom. The number of hydrogen-bond acceptors (Lipinski definition) is 3. The highest BCUT2D eigenvalue weighted by Gasteiger charge is 2.43. The number of nitrogens with two attached hydrogens (primary N) is 1. The number of rotatable bonds is 6. The molecule has 2 N–H and O–H groups in total. The van der Waals surface area contributed by atoms with Crippen LogP contribution in [-0.2, 0) is 0 Å². The fourth-order valence-electron chi connectivity index (χ4n) is 4.16. The van der Waals surface area contributed by atoms with Crippen LogP contribution in [0.5, 0.6) is 0 Å². The summed E-state index contributed by atoms with van der Waals surface area (Å²) < 4.78 is 0. The first-order valence-corrected chi connectivity index (χ1v) is 7.86. The summed E-state index contributed by atoms with van der Waals surface area (Å²) in [5.74, 6) is 0.811. The maximum Gasteiger partial charge on any atom is 0.0357 e. The Kier molecular flexibility index (Phi) is 5.05. The molecule has 3 heteroatoms. The zero-order valence-electron chi connectivity index (χ0n) is 12.3. The first kappa shape index (κ1) is 14.3. The highest BCUT2D eigenvalue weighted by atomic mass is 15.2. The van der Waals surface area contributed by atoms with E-state index in [0.717, 1.165) is 12.5 Å². The Labute approximate surface area is 113 Å². The van der Waals surface area contributed by atoms with E-state index in [-0.39, 0.29) is 0 Å². The molecular formula is C15H31N3. The molecule has 0 amide bonds. The van der Waals surface area contributed by atoms with E-state index in [9.17, 15) is 0 Å². The van der Waals surface area contributed by atoms with Crippen molar-refractivity contribution in [3.63, 3.8) is 0 Å². The van der Waals surface area contributed by atoms with Gasteiger partial charge in [-0.2, -0.15) is 0 Å². The van der Waals surface area contributed by atoms with Crippen molar-refractivity contribution in [3.05, 3.63) is 0 Å². The molecule has 1 saturated heterocycles. The summed E-state index contributed by atoms with van der Waals surface area (Å²) in [5.41, 5.74) is 6.46. The lowest BCUT2D eigenvalue weighted by atomic mass is 9.83. The summed E-state index contributed by atoms with van der Waals surface area (Å²) in [4.78, 5) is 5.20. The summed E-state index contributed by atoms with van der Waals surface area (Å²) >= 11 is 0. The summed E-state index contributed by atoms with van der Waals surface area (Å²) in [5, 5.41) is 0. The van der Waals surface area contributed by atoms with Crippen LogP contribution < -0.4 is 5.73 Å². The van der Waals surface area contributed by atoms with E-state index in [1.807, 2.05) is 0 Å². The molecule has 0 bridgehead atoms. The lowest BCUT2D eigenvalue weighted by molar-refractivity contribution is 0.0729. The fourth-order valence-corrected chi connectivity index (χ4v) is 4.16. The monoisotopic (exact) mass is 253 g/mol. The van der Waals surface area contributed by atoms with Crippen molar-refractivity contribution < 1.29 is 0 Å². The quantitative estimate of drug-likeness (QED) is 0.785. The van der Waals surface area contributed by atoms with Gasteiger partial charge in [0, 0.05) is 25.2 Å². The Balaban J connectivity index is 1.89. The van der Waals surface area contributed by atoms with Crippen molar-refractivity contribution in [1.82, 2.24) is 9.80 Å². The maximum absolute atomic E-state index is 6.16. The predicted molar refractivity (Wildman–Crippen MR) is 77.7 cm³/mol. The third-order valence-corrected chi connectivity index (χ3v) is 5.48. The van der Waals surface area contributed by atoms with Crippen LogP contribution in [0.4, 0.5) is 0 Å². The van der Waals surface area contributed by atoms with E-state index in [2.05, 4.69) is 23.8 Å². The lowest BCUT2D eigenvalue weighted by Crippen LogP contribution is -2.56. The van der Waals surface area contributed by atoms with Crippen LogP contribution in [0.1, 0.15) is 45.4 Å². The Bertz CT molecular complexity index is 250. The Hall–Kier alpha value is -0.120. The van der Waals surface area contributed by atoms with Crippen molar-refractivity contribution in [2.75, 3.05) is 39.8 Å². The van der Waals surface area contributed by atoms with E-state index in [1.54, 1.807) is 0 Å². The molecule has 0 aromatic rings. The third kappa shape index (κ3) is 2.73. The molecule has 1 aliphatic heterocycles. The first-order valence-electron chi connectivity index (χ1n) is 7.86. The van der Waals surface area contributed by atoms with E-state index < -0.39 is 0 Å². The molecule has 1 heterocycles. The van der Waals surface area contributed by atoms with Gasteiger partial charge in [0.05, 0.1) is 0 Å². The molecule has 1 saturated carbocycles. The molecule has 0 radical (unpaired) electrons. The molecule has 3 nitrogen and oxygen atoms in total. The summed E-state index contributed by atoms with van der Waals surface area (Å²) in [7, 11) is 2.30. The maximum atomic E-state index is 6.16. The number of likely N-dealkylation sites (tertiary alicyclic amines) is 1. The minimum Gasteiger partial charge on any atom is -0.329 e. The standard InChI is InChI=1S/C15H31N3/c1-3-14-7-6-8-15(14,13-16)17(2)11-12-18-9-4-5-10-18/h14H,3-13,16H2,1-2H3. The molecule has 0 spiro atoms. The van der Waals surface area contributed by atoms with Crippen LogP contribution in [-0.4, -0.2) is 55.1 Å². The van der Waals surface area contributed by atoms with Gasteiger partial charge in [0.15, 0.2) is 0 Å². The number of likely N-dealkylation sites (N-methyl/N-ethyl adjacent to an activating group) is 1. The van der Waals surface area contributed by atoms with Gasteiger partial charge >= 0.3 is 0 Å². The molecule has 18 heavy (non-hydrogen) atoms. The summed E-state index contributed by atoms with van der Waals surface area (Å²) in [6.45, 7) is 8.19. The van der Waals surface area contributed by atoms with Crippen molar-refractivity contribution in [2.45, 2.75) is 51.0 Å². The largest absolute Gasteiger partial charge is 0.329 e. The third-order valence-electron chi connectivity index (χ3n) is 5.48. The van der Waals surface area contributed by atoms with Gasteiger partial charge in [-0.25, -0.2) is 0 Å². The lowest BCUT2D eigenvalue weighted by Gasteiger charge is -2.43. The average Bonchev–Trinajstić information content (AvgIpc) is 3.04.